The highest BCUT2D eigenvalue weighted by Crippen LogP contribution is 2.10. The van der Waals surface area contributed by atoms with Crippen molar-refractivity contribution in [2.24, 2.45) is 10.2 Å². The Morgan fingerprint density at radius 3 is 2.47 bits per heavy atom. The number of hydrogen-bond donors (Lipinski definition) is 1. The summed E-state index contributed by atoms with van der Waals surface area (Å²) in [7, 11) is 0. The monoisotopic (exact) mass is 205 g/mol. The molecule has 0 spiro atoms. The van der Waals surface area contributed by atoms with Crippen molar-refractivity contribution in [3.8, 4) is 5.75 Å². The van der Waals surface area contributed by atoms with Crippen LogP contribution in [0.15, 0.2) is 34.5 Å². The Bertz CT molecular complexity index is 357. The van der Waals surface area contributed by atoms with Gasteiger partial charge in [-0.25, -0.2) is 0 Å². The first-order chi connectivity index (χ1) is 7.17. The van der Waals surface area contributed by atoms with Gasteiger partial charge in [0.1, 0.15) is 5.75 Å². The highest BCUT2D eigenvalue weighted by molar-refractivity contribution is 5.98. The number of aromatic hydroxyl groups is 1. The molecule has 0 heterocycles. The SMILES string of the molecule is C=NN(CC)/N=C(\C)c1ccc(O)cc1. The Hall–Kier alpha value is -1.84. The van der Waals surface area contributed by atoms with E-state index in [0.717, 1.165) is 11.3 Å². The fourth-order valence-electron chi connectivity index (χ4n) is 1.14. The molecule has 0 bridgehead atoms. The van der Waals surface area contributed by atoms with E-state index < -0.39 is 0 Å². The Morgan fingerprint density at radius 1 is 1.40 bits per heavy atom. The van der Waals surface area contributed by atoms with E-state index in [1.54, 1.807) is 12.1 Å². The molecule has 0 unspecified atom stereocenters. The summed E-state index contributed by atoms with van der Waals surface area (Å²) in [4.78, 5) is 0. The van der Waals surface area contributed by atoms with Gasteiger partial charge >= 0.3 is 0 Å². The van der Waals surface area contributed by atoms with Gasteiger partial charge in [0, 0.05) is 6.72 Å². The van der Waals surface area contributed by atoms with Crippen molar-refractivity contribution >= 4 is 12.4 Å². The lowest BCUT2D eigenvalue weighted by atomic mass is 10.1. The zero-order valence-corrected chi connectivity index (χ0v) is 9.01. The summed E-state index contributed by atoms with van der Waals surface area (Å²) in [6.07, 6.45) is 0. The standard InChI is InChI=1S/C11H15N3O/c1-4-14(12-3)13-9(2)10-5-7-11(15)8-6-10/h5-8,15H,3-4H2,1-2H3/b13-9+. The Balaban J connectivity index is 2.88. The summed E-state index contributed by atoms with van der Waals surface area (Å²) in [5.74, 6) is 0.251. The summed E-state index contributed by atoms with van der Waals surface area (Å²) in [5.41, 5.74) is 1.79. The normalized spacial score (nSPS) is 11.2. The van der Waals surface area contributed by atoms with Crippen molar-refractivity contribution < 1.29 is 5.11 Å². The van der Waals surface area contributed by atoms with Crippen molar-refractivity contribution in [1.29, 1.82) is 0 Å². The maximum atomic E-state index is 9.13. The fourth-order valence-corrected chi connectivity index (χ4v) is 1.14. The van der Waals surface area contributed by atoms with Gasteiger partial charge in [-0.05, 0) is 43.7 Å². The summed E-state index contributed by atoms with van der Waals surface area (Å²) in [6.45, 7) is 7.94. The van der Waals surface area contributed by atoms with Crippen LogP contribution in [0, 0.1) is 0 Å². The molecule has 0 radical (unpaired) electrons. The topological polar surface area (TPSA) is 48.2 Å². The van der Waals surface area contributed by atoms with Gasteiger partial charge in [0.25, 0.3) is 0 Å². The lowest BCUT2D eigenvalue weighted by Gasteiger charge is -2.10. The van der Waals surface area contributed by atoms with Gasteiger partial charge in [-0.2, -0.15) is 15.3 Å². The molecule has 0 saturated heterocycles. The highest BCUT2D eigenvalue weighted by atomic mass is 16.3. The van der Waals surface area contributed by atoms with E-state index in [9.17, 15) is 0 Å². The van der Waals surface area contributed by atoms with Gasteiger partial charge in [0.05, 0.1) is 12.3 Å². The first-order valence-corrected chi connectivity index (χ1v) is 4.76. The van der Waals surface area contributed by atoms with E-state index in [2.05, 4.69) is 16.9 Å². The molecule has 4 heteroatoms. The minimum Gasteiger partial charge on any atom is -0.508 e. The molecular weight excluding hydrogens is 190 g/mol. The minimum absolute atomic E-state index is 0.251. The molecule has 1 N–H and O–H groups in total. The van der Waals surface area contributed by atoms with Gasteiger partial charge in [-0.15, -0.1) is 0 Å². The minimum atomic E-state index is 0.251. The molecule has 0 aliphatic carbocycles. The fraction of sp³-hybridized carbons (Fsp3) is 0.273. The molecule has 15 heavy (non-hydrogen) atoms. The largest absolute Gasteiger partial charge is 0.508 e. The second-order valence-corrected chi connectivity index (χ2v) is 3.06. The number of hydrazone groups is 2. The van der Waals surface area contributed by atoms with Crippen molar-refractivity contribution in [1.82, 2.24) is 5.12 Å². The highest BCUT2D eigenvalue weighted by Gasteiger charge is 1.99. The first-order valence-electron chi connectivity index (χ1n) is 4.76. The zero-order valence-electron chi connectivity index (χ0n) is 9.01. The second kappa shape index (κ2) is 5.14. The van der Waals surface area contributed by atoms with Crippen LogP contribution in [0.2, 0.25) is 0 Å². The maximum Gasteiger partial charge on any atom is 0.115 e. The number of phenolic OH excluding ortho intramolecular Hbond substituents is 1. The van der Waals surface area contributed by atoms with Gasteiger partial charge in [0.15, 0.2) is 0 Å². The van der Waals surface area contributed by atoms with E-state index in [-0.39, 0.29) is 5.75 Å². The predicted molar refractivity (Wildman–Crippen MR) is 62.2 cm³/mol. The molecule has 0 aliphatic heterocycles. The third-order valence-electron chi connectivity index (χ3n) is 2.00. The van der Waals surface area contributed by atoms with Crippen molar-refractivity contribution in [2.45, 2.75) is 13.8 Å². The van der Waals surface area contributed by atoms with E-state index in [0.29, 0.717) is 6.54 Å². The molecule has 0 saturated carbocycles. The van der Waals surface area contributed by atoms with E-state index in [1.807, 2.05) is 26.0 Å². The molecule has 0 aromatic heterocycles. The zero-order chi connectivity index (χ0) is 11.3. The third-order valence-corrected chi connectivity index (χ3v) is 2.00. The molecule has 1 aromatic rings. The molecule has 1 rings (SSSR count). The van der Waals surface area contributed by atoms with Crippen LogP contribution < -0.4 is 0 Å². The molecule has 0 aliphatic rings. The van der Waals surface area contributed by atoms with Crippen molar-refractivity contribution in [3.63, 3.8) is 0 Å². The molecule has 0 atom stereocenters. The molecule has 1 aromatic carbocycles. The smallest absolute Gasteiger partial charge is 0.115 e. The lowest BCUT2D eigenvalue weighted by Crippen LogP contribution is -2.11. The Labute approximate surface area is 89.5 Å². The van der Waals surface area contributed by atoms with Crippen LogP contribution in [0.1, 0.15) is 19.4 Å². The van der Waals surface area contributed by atoms with Crippen LogP contribution >= 0.6 is 0 Å². The van der Waals surface area contributed by atoms with Crippen LogP contribution in [0.3, 0.4) is 0 Å². The molecule has 4 nitrogen and oxygen atoms in total. The summed E-state index contributed by atoms with van der Waals surface area (Å²) < 4.78 is 0. The van der Waals surface area contributed by atoms with Crippen molar-refractivity contribution in [3.05, 3.63) is 29.8 Å². The summed E-state index contributed by atoms with van der Waals surface area (Å²) in [5, 5.41) is 18.6. The van der Waals surface area contributed by atoms with Gasteiger partial charge in [0.2, 0.25) is 0 Å². The molecule has 0 fully saturated rings. The summed E-state index contributed by atoms with van der Waals surface area (Å²) in [6, 6.07) is 6.88. The van der Waals surface area contributed by atoms with Gasteiger partial charge < -0.3 is 5.11 Å². The van der Waals surface area contributed by atoms with Gasteiger partial charge in [-0.3, -0.25) is 0 Å². The van der Waals surface area contributed by atoms with E-state index >= 15 is 0 Å². The number of rotatable bonds is 4. The number of benzene rings is 1. The predicted octanol–water partition coefficient (Wildman–Crippen LogP) is 2.05. The molecular formula is C11H15N3O. The Morgan fingerprint density at radius 2 is 2.00 bits per heavy atom. The number of nitrogens with zero attached hydrogens (tertiary/aromatic N) is 3. The van der Waals surface area contributed by atoms with Crippen LogP contribution in [0.4, 0.5) is 0 Å². The first kappa shape index (κ1) is 11.2. The number of hydrogen-bond acceptors (Lipinski definition) is 4. The van der Waals surface area contributed by atoms with Crippen LogP contribution in [-0.2, 0) is 0 Å². The maximum absolute atomic E-state index is 9.13. The van der Waals surface area contributed by atoms with Crippen molar-refractivity contribution in [2.75, 3.05) is 6.54 Å². The summed E-state index contributed by atoms with van der Waals surface area (Å²) >= 11 is 0. The quantitative estimate of drug-likeness (QED) is 0.604. The van der Waals surface area contributed by atoms with Crippen LogP contribution in [-0.4, -0.2) is 29.2 Å². The van der Waals surface area contributed by atoms with Crippen LogP contribution in [0.25, 0.3) is 0 Å². The number of phenols is 1. The average molecular weight is 205 g/mol. The van der Waals surface area contributed by atoms with Crippen LogP contribution in [0.5, 0.6) is 5.75 Å². The average Bonchev–Trinajstić information content (AvgIpc) is 2.26. The third kappa shape index (κ3) is 3.09. The van der Waals surface area contributed by atoms with Gasteiger partial charge in [-0.1, -0.05) is 0 Å². The second-order valence-electron chi connectivity index (χ2n) is 3.06. The molecule has 80 valence electrons. The Kier molecular flexibility index (Phi) is 3.85. The van der Waals surface area contributed by atoms with E-state index in [4.69, 9.17) is 5.11 Å². The van der Waals surface area contributed by atoms with E-state index in [1.165, 1.54) is 5.12 Å². The molecule has 0 amide bonds. The lowest BCUT2D eigenvalue weighted by molar-refractivity contribution is 0.325.